The topological polar surface area (TPSA) is 79.4 Å². The third-order valence-electron chi connectivity index (χ3n) is 4.92. The van der Waals surface area contributed by atoms with Crippen molar-refractivity contribution in [2.24, 2.45) is 0 Å². The zero-order valence-electron chi connectivity index (χ0n) is 15.7. The van der Waals surface area contributed by atoms with Crippen molar-refractivity contribution in [1.29, 1.82) is 0 Å². The first-order chi connectivity index (χ1) is 12.9. The molecule has 0 aliphatic carbocycles. The summed E-state index contributed by atoms with van der Waals surface area (Å²) in [5.41, 5.74) is 1.88. The van der Waals surface area contributed by atoms with Gasteiger partial charge in [-0.3, -0.25) is 9.78 Å². The Labute approximate surface area is 160 Å². The van der Waals surface area contributed by atoms with Crippen LogP contribution in [0, 0.1) is 6.92 Å². The van der Waals surface area contributed by atoms with E-state index >= 15 is 0 Å². The van der Waals surface area contributed by atoms with E-state index in [1.165, 1.54) is 10.4 Å². The molecule has 1 aliphatic rings. The lowest BCUT2D eigenvalue weighted by Gasteiger charge is -2.26. The summed E-state index contributed by atoms with van der Waals surface area (Å²) in [5, 5.41) is 2.90. The number of nitrogens with one attached hydrogen (secondary N) is 1. The van der Waals surface area contributed by atoms with Crippen molar-refractivity contribution in [2.45, 2.75) is 44.0 Å². The monoisotopic (exact) mass is 387 g/mol. The molecule has 144 valence electrons. The predicted octanol–water partition coefficient (Wildman–Crippen LogP) is 3.06. The molecule has 1 unspecified atom stereocenters. The van der Waals surface area contributed by atoms with Crippen molar-refractivity contribution in [3.8, 4) is 0 Å². The number of hydrogen-bond acceptors (Lipinski definition) is 4. The van der Waals surface area contributed by atoms with Crippen molar-refractivity contribution in [1.82, 2.24) is 14.6 Å². The minimum absolute atomic E-state index is 0.214. The second-order valence-electron chi connectivity index (χ2n) is 6.93. The summed E-state index contributed by atoms with van der Waals surface area (Å²) in [5.74, 6) is -0.304. The summed E-state index contributed by atoms with van der Waals surface area (Å²) in [6.45, 7) is 4.71. The molecule has 1 aromatic carbocycles. The van der Waals surface area contributed by atoms with Crippen LogP contribution < -0.4 is 5.32 Å². The number of piperidine rings is 1. The average Bonchev–Trinajstić information content (AvgIpc) is 2.69. The Morgan fingerprint density at radius 3 is 2.59 bits per heavy atom. The molecule has 1 aromatic heterocycles. The van der Waals surface area contributed by atoms with Crippen molar-refractivity contribution in [3.05, 3.63) is 59.4 Å². The van der Waals surface area contributed by atoms with E-state index in [4.69, 9.17) is 0 Å². The first kappa shape index (κ1) is 19.5. The number of aromatic nitrogens is 1. The molecule has 2 heterocycles. The van der Waals surface area contributed by atoms with Crippen LogP contribution >= 0.6 is 0 Å². The third-order valence-corrected chi connectivity index (χ3v) is 6.96. The van der Waals surface area contributed by atoms with Gasteiger partial charge >= 0.3 is 0 Å². The van der Waals surface area contributed by atoms with Gasteiger partial charge in [-0.2, -0.15) is 4.31 Å². The molecule has 1 N–H and O–H groups in total. The molecule has 0 radical (unpaired) electrons. The molecule has 1 fully saturated rings. The summed E-state index contributed by atoms with van der Waals surface area (Å²) in [7, 11) is -3.59. The number of rotatable bonds is 5. The van der Waals surface area contributed by atoms with Crippen LogP contribution in [0.2, 0.25) is 0 Å². The number of benzene rings is 1. The smallest absolute Gasteiger partial charge is 0.251 e. The molecule has 0 spiro atoms. The minimum atomic E-state index is -3.59. The zero-order valence-corrected chi connectivity index (χ0v) is 16.5. The predicted molar refractivity (Wildman–Crippen MR) is 104 cm³/mol. The van der Waals surface area contributed by atoms with E-state index in [9.17, 15) is 13.2 Å². The highest BCUT2D eigenvalue weighted by Gasteiger charge is 2.28. The van der Waals surface area contributed by atoms with Crippen LogP contribution in [0.3, 0.4) is 0 Å². The second-order valence-corrected chi connectivity index (χ2v) is 8.83. The van der Waals surface area contributed by atoms with Gasteiger partial charge in [-0.25, -0.2) is 8.42 Å². The lowest BCUT2D eigenvalue weighted by atomic mass is 10.1. The Morgan fingerprint density at radius 1 is 1.19 bits per heavy atom. The van der Waals surface area contributed by atoms with Crippen molar-refractivity contribution >= 4 is 15.9 Å². The maximum Gasteiger partial charge on any atom is 0.251 e. The quantitative estimate of drug-likeness (QED) is 0.855. The van der Waals surface area contributed by atoms with Gasteiger partial charge in [0.1, 0.15) is 0 Å². The van der Waals surface area contributed by atoms with Gasteiger partial charge in [-0.15, -0.1) is 0 Å². The van der Waals surface area contributed by atoms with Crippen LogP contribution in [-0.4, -0.2) is 36.7 Å². The van der Waals surface area contributed by atoms with E-state index in [1.54, 1.807) is 31.5 Å². The summed E-state index contributed by atoms with van der Waals surface area (Å²) >= 11 is 0. The van der Waals surface area contributed by atoms with Crippen LogP contribution in [0.15, 0.2) is 47.6 Å². The largest absolute Gasteiger partial charge is 0.345 e. The van der Waals surface area contributed by atoms with E-state index in [0.717, 1.165) is 24.8 Å². The van der Waals surface area contributed by atoms with Crippen LogP contribution in [0.1, 0.15) is 53.7 Å². The van der Waals surface area contributed by atoms with Crippen LogP contribution in [0.4, 0.5) is 0 Å². The molecule has 7 heteroatoms. The van der Waals surface area contributed by atoms with Gasteiger partial charge in [-0.1, -0.05) is 18.6 Å². The lowest BCUT2D eigenvalue weighted by molar-refractivity contribution is 0.0939. The third kappa shape index (κ3) is 4.36. The molecule has 1 aliphatic heterocycles. The van der Waals surface area contributed by atoms with E-state index in [1.807, 2.05) is 19.1 Å². The first-order valence-corrected chi connectivity index (χ1v) is 10.6. The van der Waals surface area contributed by atoms with Crippen molar-refractivity contribution in [2.75, 3.05) is 13.1 Å². The number of aryl methyl sites for hydroxylation is 1. The molecular weight excluding hydrogens is 362 g/mol. The maximum atomic E-state index is 13.0. The van der Waals surface area contributed by atoms with Crippen LogP contribution in [0.5, 0.6) is 0 Å². The van der Waals surface area contributed by atoms with Gasteiger partial charge in [0.2, 0.25) is 10.0 Å². The highest BCUT2D eigenvalue weighted by atomic mass is 32.2. The van der Waals surface area contributed by atoms with E-state index in [2.05, 4.69) is 10.3 Å². The van der Waals surface area contributed by atoms with Gasteiger partial charge in [0.05, 0.1) is 10.9 Å². The number of carbonyl (C=O) groups is 1. The Bertz CT molecular complexity index is 907. The Kier molecular flexibility index (Phi) is 5.92. The molecular formula is C20H25N3O3S. The van der Waals surface area contributed by atoms with Gasteiger partial charge in [-0.05, 0) is 56.0 Å². The zero-order chi connectivity index (χ0) is 19.4. The molecule has 1 saturated heterocycles. The molecule has 0 bridgehead atoms. The fourth-order valence-corrected chi connectivity index (χ4v) is 5.03. The summed E-state index contributed by atoms with van der Waals surface area (Å²) in [6, 6.07) is 8.32. The van der Waals surface area contributed by atoms with Crippen molar-refractivity contribution in [3.63, 3.8) is 0 Å². The maximum absolute atomic E-state index is 13.0. The fourth-order valence-electron chi connectivity index (χ4n) is 3.26. The number of amides is 1. The van der Waals surface area contributed by atoms with E-state index in [0.29, 0.717) is 24.2 Å². The summed E-state index contributed by atoms with van der Waals surface area (Å²) in [6.07, 6.45) is 6.18. The van der Waals surface area contributed by atoms with E-state index in [-0.39, 0.29) is 16.8 Å². The Balaban J connectivity index is 1.83. The standard InChI is InChI=1S/C20H25N3O3S/c1-15-8-9-17(20(24)22-16(2)18-7-6-10-21-14-18)13-19(15)27(25,26)23-11-4-3-5-12-23/h6-10,13-14,16H,3-5,11-12H2,1-2H3,(H,22,24). The highest BCUT2D eigenvalue weighted by Crippen LogP contribution is 2.24. The van der Waals surface area contributed by atoms with Gasteiger partial charge in [0.15, 0.2) is 0 Å². The number of pyridine rings is 1. The molecule has 1 amide bonds. The molecule has 1 atom stereocenters. The normalized spacial score (nSPS) is 16.7. The van der Waals surface area contributed by atoms with Gasteiger partial charge in [0.25, 0.3) is 5.91 Å². The van der Waals surface area contributed by atoms with Gasteiger partial charge in [0, 0.05) is 31.0 Å². The van der Waals surface area contributed by atoms with Crippen LogP contribution in [-0.2, 0) is 10.0 Å². The molecule has 6 nitrogen and oxygen atoms in total. The first-order valence-electron chi connectivity index (χ1n) is 9.21. The summed E-state index contributed by atoms with van der Waals surface area (Å²) in [4.78, 5) is 16.9. The molecule has 3 rings (SSSR count). The minimum Gasteiger partial charge on any atom is -0.345 e. The number of sulfonamides is 1. The Hall–Kier alpha value is -2.25. The van der Waals surface area contributed by atoms with Crippen molar-refractivity contribution < 1.29 is 13.2 Å². The Morgan fingerprint density at radius 2 is 1.93 bits per heavy atom. The fraction of sp³-hybridized carbons (Fsp3) is 0.400. The number of nitrogens with zero attached hydrogens (tertiary/aromatic N) is 2. The van der Waals surface area contributed by atoms with Crippen LogP contribution in [0.25, 0.3) is 0 Å². The molecule has 0 saturated carbocycles. The molecule has 27 heavy (non-hydrogen) atoms. The average molecular weight is 388 g/mol. The molecule has 2 aromatic rings. The number of hydrogen-bond donors (Lipinski definition) is 1. The second kappa shape index (κ2) is 8.19. The van der Waals surface area contributed by atoms with E-state index < -0.39 is 10.0 Å². The summed E-state index contributed by atoms with van der Waals surface area (Å²) < 4.78 is 27.6. The lowest BCUT2D eigenvalue weighted by Crippen LogP contribution is -2.36. The van der Waals surface area contributed by atoms with Gasteiger partial charge < -0.3 is 5.32 Å². The highest BCUT2D eigenvalue weighted by molar-refractivity contribution is 7.89. The SMILES string of the molecule is Cc1ccc(C(=O)NC(C)c2cccnc2)cc1S(=O)(=O)N1CCCCC1. The number of carbonyl (C=O) groups excluding carboxylic acids is 1.